The summed E-state index contributed by atoms with van der Waals surface area (Å²) in [5.41, 5.74) is 2.48. The number of amides is 2. The number of carbonyl (C=O) groups is 2. The first kappa shape index (κ1) is 19.8. The topological polar surface area (TPSA) is 67.2 Å². The van der Waals surface area contributed by atoms with Gasteiger partial charge < -0.3 is 10.2 Å². The van der Waals surface area contributed by atoms with E-state index >= 15 is 0 Å². The number of fused-ring (bicyclic) bond motifs is 4. The molecule has 2 aliphatic heterocycles. The first-order valence-electron chi connectivity index (χ1n) is 10.4. The monoisotopic (exact) mass is 434 g/mol. The molecule has 0 saturated carbocycles. The van der Waals surface area contributed by atoms with Gasteiger partial charge in [0.25, 0.3) is 0 Å². The summed E-state index contributed by atoms with van der Waals surface area (Å²) in [5, 5.41) is 8.19. The molecule has 0 saturated heterocycles. The molecule has 0 unspecified atom stereocenters. The number of rotatable bonds is 4. The number of anilines is 2. The van der Waals surface area contributed by atoms with Gasteiger partial charge in [-0.3, -0.25) is 9.59 Å². The van der Waals surface area contributed by atoms with Gasteiger partial charge in [-0.25, -0.2) is 4.68 Å². The van der Waals surface area contributed by atoms with Crippen LogP contribution in [-0.4, -0.2) is 28.1 Å². The number of halogens is 1. The molecule has 3 aromatic rings. The minimum Gasteiger partial charge on any atom is -0.311 e. The second-order valence-electron chi connectivity index (χ2n) is 8.65. The Morgan fingerprint density at radius 1 is 1.10 bits per heavy atom. The maximum absolute atomic E-state index is 13.9. The molecule has 158 valence electrons. The fourth-order valence-corrected chi connectivity index (χ4v) is 4.85. The zero-order valence-electron chi connectivity index (χ0n) is 17.4. The summed E-state index contributed by atoms with van der Waals surface area (Å²) in [6.07, 6.45) is 1.81. The minimum absolute atomic E-state index is 0.0513. The average Bonchev–Trinajstić information content (AvgIpc) is 3.23. The Labute approximate surface area is 185 Å². The summed E-state index contributed by atoms with van der Waals surface area (Å²) >= 11 is 6.00. The molecule has 2 amide bonds. The molecule has 1 aromatic heterocycles. The SMILES string of the molecule is CC(C)CN1C(=O)[C@@]2(CC(=O)Nc3c2cnn3Cc2ccc(Cl)cc2)c2ccccc21. The van der Waals surface area contributed by atoms with Crippen LogP contribution in [0.1, 0.15) is 37.0 Å². The van der Waals surface area contributed by atoms with E-state index in [1.165, 1.54) is 0 Å². The van der Waals surface area contributed by atoms with Crippen LogP contribution in [0.15, 0.2) is 54.7 Å². The second kappa shape index (κ2) is 7.24. The van der Waals surface area contributed by atoms with Crippen LogP contribution in [0.3, 0.4) is 0 Å². The Morgan fingerprint density at radius 3 is 2.58 bits per heavy atom. The third kappa shape index (κ3) is 3.05. The molecule has 2 aliphatic rings. The fourth-order valence-electron chi connectivity index (χ4n) is 4.73. The molecule has 5 rings (SSSR count). The van der Waals surface area contributed by atoms with Crippen molar-refractivity contribution >= 4 is 34.9 Å². The molecule has 31 heavy (non-hydrogen) atoms. The molecule has 1 atom stereocenters. The van der Waals surface area contributed by atoms with Crippen LogP contribution in [-0.2, 0) is 21.5 Å². The maximum Gasteiger partial charge on any atom is 0.242 e. The van der Waals surface area contributed by atoms with Crippen LogP contribution in [0.2, 0.25) is 5.02 Å². The molecule has 6 nitrogen and oxygen atoms in total. The van der Waals surface area contributed by atoms with Crippen LogP contribution in [0.25, 0.3) is 0 Å². The van der Waals surface area contributed by atoms with Crippen LogP contribution in [0.5, 0.6) is 0 Å². The molecule has 3 heterocycles. The number of aromatic nitrogens is 2. The molecule has 1 N–H and O–H groups in total. The van der Waals surface area contributed by atoms with Crippen molar-refractivity contribution < 1.29 is 9.59 Å². The standard InChI is InChI=1S/C24H23ClN4O2/c1-15(2)13-28-20-6-4-3-5-18(20)24(23(28)31)11-21(30)27-22-19(24)12-26-29(22)14-16-7-9-17(25)10-8-16/h3-10,12,15H,11,13-14H2,1-2H3,(H,27,30)/t24-/m0/s1. The van der Waals surface area contributed by atoms with Crippen LogP contribution in [0, 0.1) is 5.92 Å². The van der Waals surface area contributed by atoms with Crippen molar-refractivity contribution in [3.05, 3.63) is 76.4 Å². The Bertz CT molecular complexity index is 1180. The highest BCUT2D eigenvalue weighted by molar-refractivity contribution is 6.30. The summed E-state index contributed by atoms with van der Waals surface area (Å²) in [6.45, 7) is 5.25. The summed E-state index contributed by atoms with van der Waals surface area (Å²) < 4.78 is 1.75. The van der Waals surface area contributed by atoms with Gasteiger partial charge in [-0.05, 0) is 35.2 Å². The Kier molecular flexibility index (Phi) is 4.63. The van der Waals surface area contributed by atoms with Gasteiger partial charge in [0.1, 0.15) is 11.2 Å². The summed E-state index contributed by atoms with van der Waals surface area (Å²) in [5.74, 6) is 0.655. The Hall–Kier alpha value is -3.12. The van der Waals surface area contributed by atoms with E-state index in [9.17, 15) is 9.59 Å². The van der Waals surface area contributed by atoms with E-state index in [1.54, 1.807) is 10.9 Å². The lowest BCUT2D eigenvalue weighted by molar-refractivity contribution is -0.126. The van der Waals surface area contributed by atoms with Gasteiger partial charge in [0, 0.05) is 29.2 Å². The van der Waals surface area contributed by atoms with Crippen molar-refractivity contribution in [2.45, 2.75) is 32.2 Å². The van der Waals surface area contributed by atoms with Crippen LogP contribution >= 0.6 is 11.6 Å². The third-order valence-corrected chi connectivity index (χ3v) is 6.29. The highest BCUT2D eigenvalue weighted by atomic mass is 35.5. The van der Waals surface area contributed by atoms with Crippen molar-refractivity contribution in [1.82, 2.24) is 9.78 Å². The zero-order chi connectivity index (χ0) is 21.8. The summed E-state index contributed by atoms with van der Waals surface area (Å²) in [4.78, 5) is 28.6. The van der Waals surface area contributed by atoms with Gasteiger partial charge in [-0.2, -0.15) is 5.10 Å². The minimum atomic E-state index is -1.04. The molecule has 0 radical (unpaired) electrons. The van der Waals surface area contributed by atoms with Gasteiger partial charge in [0.05, 0.1) is 12.7 Å². The van der Waals surface area contributed by atoms with Gasteiger partial charge in [-0.1, -0.05) is 55.8 Å². The van der Waals surface area contributed by atoms with E-state index < -0.39 is 5.41 Å². The van der Waals surface area contributed by atoms with E-state index in [0.29, 0.717) is 29.8 Å². The van der Waals surface area contributed by atoms with Gasteiger partial charge in [0.2, 0.25) is 11.8 Å². The smallest absolute Gasteiger partial charge is 0.242 e. The lowest BCUT2D eigenvalue weighted by Crippen LogP contribution is -2.47. The average molecular weight is 435 g/mol. The van der Waals surface area contributed by atoms with Crippen molar-refractivity contribution in [1.29, 1.82) is 0 Å². The van der Waals surface area contributed by atoms with Crippen molar-refractivity contribution in [2.24, 2.45) is 5.92 Å². The first-order valence-corrected chi connectivity index (χ1v) is 10.8. The molecule has 2 aromatic carbocycles. The van der Waals surface area contributed by atoms with Crippen LogP contribution < -0.4 is 10.2 Å². The second-order valence-corrected chi connectivity index (χ2v) is 9.08. The molecular formula is C24H23ClN4O2. The largest absolute Gasteiger partial charge is 0.311 e. The highest BCUT2D eigenvalue weighted by Crippen LogP contribution is 2.52. The number of hydrogen-bond acceptors (Lipinski definition) is 3. The molecule has 1 spiro atoms. The quantitative estimate of drug-likeness (QED) is 0.668. The maximum atomic E-state index is 13.9. The molecule has 0 bridgehead atoms. The normalized spacial score (nSPS) is 19.7. The van der Waals surface area contributed by atoms with Crippen molar-refractivity contribution in [2.75, 3.05) is 16.8 Å². The van der Waals surface area contributed by atoms with Gasteiger partial charge in [-0.15, -0.1) is 0 Å². The highest BCUT2D eigenvalue weighted by Gasteiger charge is 2.56. The van der Waals surface area contributed by atoms with Crippen LogP contribution in [0.4, 0.5) is 11.5 Å². The fraction of sp³-hybridized carbons (Fsp3) is 0.292. The molecule has 0 fully saturated rings. The van der Waals surface area contributed by atoms with Gasteiger partial charge in [0.15, 0.2) is 0 Å². The first-order chi connectivity index (χ1) is 14.9. The van der Waals surface area contributed by atoms with E-state index in [1.807, 2.05) is 53.4 Å². The van der Waals surface area contributed by atoms with Crippen molar-refractivity contribution in [3.8, 4) is 0 Å². The number of benzene rings is 2. The lowest BCUT2D eigenvalue weighted by atomic mass is 9.72. The number of carbonyl (C=O) groups excluding carboxylic acids is 2. The van der Waals surface area contributed by atoms with E-state index in [0.717, 1.165) is 22.4 Å². The van der Waals surface area contributed by atoms with E-state index in [2.05, 4.69) is 24.3 Å². The Balaban J connectivity index is 1.64. The van der Waals surface area contributed by atoms with E-state index in [4.69, 9.17) is 11.6 Å². The number of nitrogens with one attached hydrogen (secondary N) is 1. The zero-order valence-corrected chi connectivity index (χ0v) is 18.2. The Morgan fingerprint density at radius 2 is 1.84 bits per heavy atom. The van der Waals surface area contributed by atoms with Crippen molar-refractivity contribution in [3.63, 3.8) is 0 Å². The molecule has 0 aliphatic carbocycles. The number of hydrogen-bond donors (Lipinski definition) is 1. The van der Waals surface area contributed by atoms with Gasteiger partial charge >= 0.3 is 0 Å². The van der Waals surface area contributed by atoms with E-state index in [-0.39, 0.29) is 18.2 Å². The predicted molar refractivity (Wildman–Crippen MR) is 120 cm³/mol. The summed E-state index contributed by atoms with van der Waals surface area (Å²) in [6, 6.07) is 15.3. The predicted octanol–water partition coefficient (Wildman–Crippen LogP) is 4.22. The third-order valence-electron chi connectivity index (χ3n) is 6.04. The lowest BCUT2D eigenvalue weighted by Gasteiger charge is -2.32. The summed E-state index contributed by atoms with van der Waals surface area (Å²) in [7, 11) is 0. The molecular weight excluding hydrogens is 412 g/mol. The number of para-hydroxylation sites is 1. The number of nitrogens with zero attached hydrogens (tertiary/aromatic N) is 3. The molecule has 7 heteroatoms.